The highest BCUT2D eigenvalue weighted by Crippen LogP contribution is 2.38. The monoisotopic (exact) mass is 432 g/mol. The zero-order chi connectivity index (χ0) is 19.6. The minimum absolute atomic E-state index is 0.268. The molecule has 0 aromatic heterocycles. The van der Waals surface area contributed by atoms with Crippen LogP contribution < -0.4 is 5.32 Å². The summed E-state index contributed by atoms with van der Waals surface area (Å²) in [6.07, 6.45) is -8.04. The minimum atomic E-state index is -5.33. The first kappa shape index (κ1) is 21.0. The van der Waals surface area contributed by atoms with E-state index in [0.29, 0.717) is 6.07 Å². The number of nitrogens with one attached hydrogen (secondary N) is 1. The van der Waals surface area contributed by atoms with Crippen LogP contribution in [0, 0.1) is 0 Å². The van der Waals surface area contributed by atoms with E-state index in [4.69, 9.17) is 0 Å². The lowest BCUT2D eigenvalue weighted by Crippen LogP contribution is -2.30. The van der Waals surface area contributed by atoms with Crippen molar-refractivity contribution in [3.05, 3.63) is 40.0 Å². The van der Waals surface area contributed by atoms with Gasteiger partial charge in [0.25, 0.3) is 0 Å². The van der Waals surface area contributed by atoms with Crippen molar-refractivity contribution >= 4 is 33.3 Å². The summed E-state index contributed by atoms with van der Waals surface area (Å²) in [7, 11) is 3.11. The molecule has 0 saturated heterocycles. The third-order valence-corrected chi connectivity index (χ3v) is 3.36. The second-order valence-electron chi connectivity index (χ2n) is 4.97. The lowest BCUT2D eigenvalue weighted by molar-refractivity contribution is -0.167. The van der Waals surface area contributed by atoms with Crippen molar-refractivity contribution in [2.45, 2.75) is 12.4 Å². The van der Waals surface area contributed by atoms with E-state index in [1.807, 2.05) is 0 Å². The van der Waals surface area contributed by atoms with Gasteiger partial charge in [0.2, 0.25) is 0 Å². The smallest absolute Gasteiger partial charge is 0.383 e. The van der Waals surface area contributed by atoms with Crippen LogP contribution >= 0.6 is 15.9 Å². The van der Waals surface area contributed by atoms with E-state index in [-0.39, 0.29) is 6.07 Å². The number of nitrogens with zero attached hydrogens (tertiary/aromatic N) is 1. The third-order valence-electron chi connectivity index (χ3n) is 2.71. The number of amides is 1. The molecule has 1 N–H and O–H groups in total. The van der Waals surface area contributed by atoms with Crippen LogP contribution in [0.1, 0.15) is 15.9 Å². The SMILES string of the molecule is CN(C)C=CC(=O)c1cc(Br)c(C(F)(F)F)cc1NC(=O)C(F)(F)F. The van der Waals surface area contributed by atoms with Crippen molar-refractivity contribution in [2.75, 3.05) is 19.4 Å². The lowest BCUT2D eigenvalue weighted by Gasteiger charge is -2.16. The molecule has 0 spiro atoms. The normalized spacial score (nSPS) is 12.4. The van der Waals surface area contributed by atoms with Crippen molar-refractivity contribution in [1.29, 1.82) is 0 Å². The van der Waals surface area contributed by atoms with Gasteiger partial charge >= 0.3 is 18.3 Å². The van der Waals surface area contributed by atoms with E-state index >= 15 is 0 Å². The summed E-state index contributed by atoms with van der Waals surface area (Å²) in [4.78, 5) is 24.6. The Morgan fingerprint density at radius 1 is 1.12 bits per heavy atom. The Kier molecular flexibility index (Phi) is 6.27. The number of carbonyl (C=O) groups is 2. The quantitative estimate of drug-likeness (QED) is 0.440. The molecule has 1 aromatic carbocycles. The van der Waals surface area contributed by atoms with E-state index < -0.39 is 45.3 Å². The Morgan fingerprint density at radius 3 is 2.12 bits per heavy atom. The van der Waals surface area contributed by atoms with Crippen LogP contribution in [0.3, 0.4) is 0 Å². The average molecular weight is 433 g/mol. The van der Waals surface area contributed by atoms with Gasteiger partial charge in [0, 0.05) is 36.4 Å². The molecule has 25 heavy (non-hydrogen) atoms. The summed E-state index contributed by atoms with van der Waals surface area (Å²) in [6, 6.07) is 0.974. The predicted molar refractivity (Wildman–Crippen MR) is 81.0 cm³/mol. The van der Waals surface area contributed by atoms with Crippen molar-refractivity contribution in [1.82, 2.24) is 4.90 Å². The summed E-state index contributed by atoms with van der Waals surface area (Å²) in [5.41, 5.74) is -2.76. The van der Waals surface area contributed by atoms with E-state index in [1.165, 1.54) is 16.4 Å². The molecule has 1 rings (SSSR count). The van der Waals surface area contributed by atoms with Crippen LogP contribution in [0.2, 0.25) is 0 Å². The van der Waals surface area contributed by atoms with Gasteiger partial charge in [-0.1, -0.05) is 15.9 Å². The standard InChI is InChI=1S/C14H11BrF6N2O2/c1-23(2)4-3-11(24)7-5-9(15)8(13(16,17)18)6-10(7)22-12(25)14(19,20)21/h3-6H,1-2H3,(H,22,25). The number of alkyl halides is 6. The fourth-order valence-electron chi connectivity index (χ4n) is 1.60. The number of carbonyl (C=O) groups excluding carboxylic acids is 2. The van der Waals surface area contributed by atoms with Gasteiger partial charge in [0.05, 0.1) is 11.3 Å². The van der Waals surface area contributed by atoms with Gasteiger partial charge in [-0.3, -0.25) is 9.59 Å². The molecule has 0 atom stereocenters. The first-order chi connectivity index (χ1) is 11.2. The summed E-state index contributed by atoms with van der Waals surface area (Å²) in [5, 5.41) is 1.31. The van der Waals surface area contributed by atoms with E-state index in [1.54, 1.807) is 14.1 Å². The Hall–Kier alpha value is -2.04. The fourth-order valence-corrected chi connectivity index (χ4v) is 2.17. The molecular formula is C14H11BrF6N2O2. The molecule has 1 amide bonds. The van der Waals surface area contributed by atoms with Gasteiger partial charge in [-0.25, -0.2) is 0 Å². The third kappa shape index (κ3) is 5.76. The molecule has 138 valence electrons. The van der Waals surface area contributed by atoms with Gasteiger partial charge in [0.1, 0.15) is 0 Å². The Morgan fingerprint density at radius 2 is 1.68 bits per heavy atom. The van der Waals surface area contributed by atoms with Gasteiger partial charge in [-0.15, -0.1) is 0 Å². The van der Waals surface area contributed by atoms with Gasteiger partial charge in [-0.2, -0.15) is 26.3 Å². The van der Waals surface area contributed by atoms with Crippen LogP contribution in [0.25, 0.3) is 0 Å². The molecule has 4 nitrogen and oxygen atoms in total. The lowest BCUT2D eigenvalue weighted by atomic mass is 10.0. The maximum absolute atomic E-state index is 12.9. The Labute approximate surface area is 146 Å². The van der Waals surface area contributed by atoms with Gasteiger partial charge < -0.3 is 10.2 Å². The molecule has 0 heterocycles. The number of halogens is 7. The molecule has 0 bridgehead atoms. The fraction of sp³-hybridized carbons (Fsp3) is 0.286. The van der Waals surface area contributed by atoms with Crippen molar-refractivity contribution in [2.24, 2.45) is 0 Å². The number of anilines is 1. The molecule has 0 aliphatic rings. The highest BCUT2D eigenvalue weighted by atomic mass is 79.9. The topological polar surface area (TPSA) is 49.4 Å². The molecule has 0 aliphatic heterocycles. The summed E-state index contributed by atoms with van der Waals surface area (Å²) in [6.45, 7) is 0. The largest absolute Gasteiger partial charge is 0.471 e. The summed E-state index contributed by atoms with van der Waals surface area (Å²) < 4.78 is 75.4. The summed E-state index contributed by atoms with van der Waals surface area (Å²) >= 11 is 2.63. The predicted octanol–water partition coefficient (Wildman–Crippen LogP) is 4.23. The van der Waals surface area contributed by atoms with Crippen LogP contribution in [-0.4, -0.2) is 36.9 Å². The Bertz CT molecular complexity index is 710. The van der Waals surface area contributed by atoms with Crippen molar-refractivity contribution in [3.63, 3.8) is 0 Å². The number of hydrogen-bond donors (Lipinski definition) is 1. The maximum atomic E-state index is 12.9. The molecule has 0 fully saturated rings. The van der Waals surface area contributed by atoms with Gasteiger partial charge in [0.15, 0.2) is 5.78 Å². The number of benzene rings is 1. The van der Waals surface area contributed by atoms with Crippen molar-refractivity contribution < 1.29 is 35.9 Å². The highest BCUT2D eigenvalue weighted by molar-refractivity contribution is 9.10. The molecule has 0 radical (unpaired) electrons. The molecular weight excluding hydrogens is 422 g/mol. The number of rotatable bonds is 4. The molecule has 11 heteroatoms. The second kappa shape index (κ2) is 7.46. The molecule has 0 saturated carbocycles. The second-order valence-corrected chi connectivity index (χ2v) is 5.83. The zero-order valence-electron chi connectivity index (χ0n) is 12.7. The number of allylic oxidation sites excluding steroid dienone is 1. The number of ketones is 1. The maximum Gasteiger partial charge on any atom is 0.471 e. The van der Waals surface area contributed by atoms with Gasteiger partial charge in [-0.05, 0) is 12.1 Å². The minimum Gasteiger partial charge on any atom is -0.383 e. The van der Waals surface area contributed by atoms with Crippen LogP contribution in [0.5, 0.6) is 0 Å². The first-order valence-electron chi connectivity index (χ1n) is 6.41. The molecule has 0 unspecified atom stereocenters. The Balaban J connectivity index is 3.46. The van der Waals surface area contributed by atoms with Crippen LogP contribution in [0.15, 0.2) is 28.9 Å². The zero-order valence-corrected chi connectivity index (χ0v) is 14.3. The van der Waals surface area contributed by atoms with Crippen LogP contribution in [0.4, 0.5) is 32.0 Å². The number of hydrogen-bond acceptors (Lipinski definition) is 3. The van der Waals surface area contributed by atoms with Crippen molar-refractivity contribution in [3.8, 4) is 0 Å². The van der Waals surface area contributed by atoms with E-state index in [0.717, 1.165) is 6.08 Å². The first-order valence-corrected chi connectivity index (χ1v) is 7.20. The molecule has 0 aliphatic carbocycles. The summed E-state index contributed by atoms with van der Waals surface area (Å²) in [5.74, 6) is -3.38. The van der Waals surface area contributed by atoms with Crippen LogP contribution in [-0.2, 0) is 11.0 Å². The highest BCUT2D eigenvalue weighted by Gasteiger charge is 2.40. The molecule has 1 aromatic rings. The van der Waals surface area contributed by atoms with E-state index in [2.05, 4.69) is 15.9 Å². The average Bonchev–Trinajstić information content (AvgIpc) is 2.43. The van der Waals surface area contributed by atoms with E-state index in [9.17, 15) is 35.9 Å².